The number of carbonyl (C=O) groups is 1. The molecule has 0 unspecified atom stereocenters. The predicted molar refractivity (Wildman–Crippen MR) is 87.1 cm³/mol. The number of anilines is 1. The molecule has 124 valence electrons. The normalized spacial score (nSPS) is 19.0. The second-order valence-electron chi connectivity index (χ2n) is 6.87. The zero-order chi connectivity index (χ0) is 16.3. The third kappa shape index (κ3) is 3.80. The maximum Gasteiger partial charge on any atom is 0.323 e. The monoisotopic (exact) mass is 308 g/mol. The molecule has 1 atom stereocenters. The molecule has 2 heterocycles. The molecule has 2 amide bonds. The molecule has 1 aromatic heterocycles. The van der Waals surface area contributed by atoms with Gasteiger partial charge in [-0.15, -0.1) is 0 Å². The standard InChI is InChI=1S/C16H28N4O2/c1-6-19(7-2)12-8-9-20(11-12)15(21)17-14-10-13(22-18-14)16(3,4)5/h10,12H,6-9,11H2,1-5H3,(H,17,18,21)/t12-/m1/s1. The van der Waals surface area contributed by atoms with Crippen LogP contribution in [0.4, 0.5) is 10.6 Å². The van der Waals surface area contributed by atoms with Crippen molar-refractivity contribution in [1.82, 2.24) is 15.0 Å². The largest absolute Gasteiger partial charge is 0.359 e. The molecule has 1 aliphatic heterocycles. The van der Waals surface area contributed by atoms with Crippen molar-refractivity contribution in [1.29, 1.82) is 0 Å². The number of nitrogens with zero attached hydrogens (tertiary/aromatic N) is 3. The summed E-state index contributed by atoms with van der Waals surface area (Å²) < 4.78 is 5.30. The number of likely N-dealkylation sites (tertiary alicyclic amines) is 1. The van der Waals surface area contributed by atoms with E-state index in [0.29, 0.717) is 11.9 Å². The zero-order valence-electron chi connectivity index (χ0n) is 14.3. The molecule has 6 nitrogen and oxygen atoms in total. The molecule has 0 saturated carbocycles. The summed E-state index contributed by atoms with van der Waals surface area (Å²) in [6, 6.07) is 2.17. The lowest BCUT2D eigenvalue weighted by Gasteiger charge is -2.26. The van der Waals surface area contributed by atoms with E-state index >= 15 is 0 Å². The van der Waals surface area contributed by atoms with Crippen LogP contribution in [0.1, 0.15) is 46.8 Å². The molecule has 2 rings (SSSR count). The van der Waals surface area contributed by atoms with E-state index in [1.165, 1.54) is 0 Å². The fourth-order valence-corrected chi connectivity index (χ4v) is 2.84. The fraction of sp³-hybridized carbons (Fsp3) is 0.750. The summed E-state index contributed by atoms with van der Waals surface area (Å²) in [6.45, 7) is 14.1. The van der Waals surface area contributed by atoms with Crippen LogP contribution in [-0.4, -0.2) is 53.2 Å². The number of hydrogen-bond acceptors (Lipinski definition) is 4. The Morgan fingerprint density at radius 3 is 2.68 bits per heavy atom. The number of rotatable bonds is 4. The van der Waals surface area contributed by atoms with E-state index in [0.717, 1.165) is 38.4 Å². The van der Waals surface area contributed by atoms with Crippen molar-refractivity contribution in [3.8, 4) is 0 Å². The number of carbonyl (C=O) groups excluding carboxylic acids is 1. The highest BCUT2D eigenvalue weighted by Gasteiger charge is 2.29. The lowest BCUT2D eigenvalue weighted by molar-refractivity contribution is 0.202. The Kier molecular flexibility index (Phi) is 5.11. The molecule has 1 N–H and O–H groups in total. The highest BCUT2D eigenvalue weighted by Crippen LogP contribution is 2.25. The van der Waals surface area contributed by atoms with Crippen molar-refractivity contribution in [2.24, 2.45) is 0 Å². The average molecular weight is 308 g/mol. The maximum absolute atomic E-state index is 12.3. The van der Waals surface area contributed by atoms with Crippen LogP contribution in [0.15, 0.2) is 10.6 Å². The molecule has 1 saturated heterocycles. The molecule has 22 heavy (non-hydrogen) atoms. The van der Waals surface area contributed by atoms with Crippen molar-refractivity contribution in [3.63, 3.8) is 0 Å². The van der Waals surface area contributed by atoms with Crippen LogP contribution in [0.3, 0.4) is 0 Å². The first-order valence-corrected chi connectivity index (χ1v) is 8.12. The minimum atomic E-state index is -0.114. The second kappa shape index (κ2) is 6.69. The van der Waals surface area contributed by atoms with E-state index < -0.39 is 0 Å². The van der Waals surface area contributed by atoms with Gasteiger partial charge in [0.25, 0.3) is 0 Å². The van der Waals surface area contributed by atoms with Gasteiger partial charge in [-0.05, 0) is 19.5 Å². The van der Waals surface area contributed by atoms with Crippen LogP contribution in [-0.2, 0) is 5.41 Å². The number of nitrogens with one attached hydrogen (secondary N) is 1. The van der Waals surface area contributed by atoms with Crippen LogP contribution in [0.25, 0.3) is 0 Å². The van der Waals surface area contributed by atoms with Crippen molar-refractivity contribution >= 4 is 11.8 Å². The van der Waals surface area contributed by atoms with E-state index in [4.69, 9.17) is 4.52 Å². The van der Waals surface area contributed by atoms with Crippen molar-refractivity contribution in [2.45, 2.75) is 52.5 Å². The summed E-state index contributed by atoms with van der Waals surface area (Å²) in [6.07, 6.45) is 1.03. The van der Waals surface area contributed by atoms with Crippen molar-refractivity contribution < 1.29 is 9.32 Å². The smallest absolute Gasteiger partial charge is 0.323 e. The van der Waals surface area contributed by atoms with Gasteiger partial charge in [0.15, 0.2) is 5.82 Å². The number of likely N-dealkylation sites (N-methyl/N-ethyl adjacent to an activating group) is 1. The van der Waals surface area contributed by atoms with Crippen LogP contribution >= 0.6 is 0 Å². The highest BCUT2D eigenvalue weighted by atomic mass is 16.5. The first-order valence-electron chi connectivity index (χ1n) is 8.12. The summed E-state index contributed by atoms with van der Waals surface area (Å²) in [7, 11) is 0. The Bertz CT molecular complexity index is 502. The first-order chi connectivity index (χ1) is 10.3. The molecule has 0 spiro atoms. The van der Waals surface area contributed by atoms with Crippen LogP contribution in [0, 0.1) is 0 Å². The predicted octanol–water partition coefficient (Wildman–Crippen LogP) is 2.92. The number of amides is 2. The van der Waals surface area contributed by atoms with Crippen LogP contribution in [0.5, 0.6) is 0 Å². The molecule has 1 aliphatic rings. The lowest BCUT2D eigenvalue weighted by atomic mass is 9.93. The van der Waals surface area contributed by atoms with Gasteiger partial charge in [-0.3, -0.25) is 10.2 Å². The SMILES string of the molecule is CCN(CC)[C@@H]1CCN(C(=O)Nc2cc(C(C)(C)C)on2)C1. The van der Waals surface area contributed by atoms with Gasteiger partial charge >= 0.3 is 6.03 Å². The molecule has 0 radical (unpaired) electrons. The molecule has 0 aliphatic carbocycles. The van der Waals surface area contributed by atoms with Crippen molar-refractivity contribution in [3.05, 3.63) is 11.8 Å². The number of aromatic nitrogens is 1. The van der Waals surface area contributed by atoms with Crippen molar-refractivity contribution in [2.75, 3.05) is 31.5 Å². The third-order valence-corrected chi connectivity index (χ3v) is 4.26. The van der Waals surface area contributed by atoms with Gasteiger partial charge in [0.2, 0.25) is 0 Å². The second-order valence-corrected chi connectivity index (χ2v) is 6.87. The highest BCUT2D eigenvalue weighted by molar-refractivity contribution is 5.88. The topological polar surface area (TPSA) is 61.6 Å². The summed E-state index contributed by atoms with van der Waals surface area (Å²) in [4.78, 5) is 16.6. The molecule has 0 bridgehead atoms. The Labute approximate surface area is 132 Å². The quantitative estimate of drug-likeness (QED) is 0.929. The van der Waals surface area contributed by atoms with Gasteiger partial charge in [0, 0.05) is 30.6 Å². The van der Waals surface area contributed by atoms with Crippen LogP contribution in [0.2, 0.25) is 0 Å². The Balaban J connectivity index is 1.92. The molecular weight excluding hydrogens is 280 g/mol. The number of hydrogen-bond donors (Lipinski definition) is 1. The summed E-state index contributed by atoms with van der Waals surface area (Å²) in [5.74, 6) is 1.26. The van der Waals surface area contributed by atoms with E-state index in [1.54, 1.807) is 6.07 Å². The van der Waals surface area contributed by atoms with Gasteiger partial charge < -0.3 is 9.42 Å². The molecule has 0 aromatic carbocycles. The van der Waals surface area contributed by atoms with Gasteiger partial charge in [-0.1, -0.05) is 39.8 Å². The molecule has 1 fully saturated rings. The van der Waals surface area contributed by atoms with E-state index in [2.05, 4.69) is 29.2 Å². The van der Waals surface area contributed by atoms with Crippen LogP contribution < -0.4 is 5.32 Å². The summed E-state index contributed by atoms with van der Waals surface area (Å²) in [5.41, 5.74) is -0.114. The fourth-order valence-electron chi connectivity index (χ4n) is 2.84. The Hall–Kier alpha value is -1.56. The van der Waals surface area contributed by atoms with Gasteiger partial charge in [-0.25, -0.2) is 4.79 Å². The first kappa shape index (κ1) is 16.8. The Morgan fingerprint density at radius 1 is 1.45 bits per heavy atom. The minimum absolute atomic E-state index is 0.0941. The molecule has 6 heteroatoms. The third-order valence-electron chi connectivity index (χ3n) is 4.26. The lowest BCUT2D eigenvalue weighted by Crippen LogP contribution is -2.39. The van der Waals surface area contributed by atoms with Gasteiger partial charge in [0.1, 0.15) is 5.76 Å². The molecule has 1 aromatic rings. The van der Waals surface area contributed by atoms with Gasteiger partial charge in [-0.2, -0.15) is 0 Å². The maximum atomic E-state index is 12.3. The van der Waals surface area contributed by atoms with Gasteiger partial charge in [0.05, 0.1) is 0 Å². The summed E-state index contributed by atoms with van der Waals surface area (Å²) >= 11 is 0. The zero-order valence-corrected chi connectivity index (χ0v) is 14.3. The van der Waals surface area contributed by atoms with E-state index in [9.17, 15) is 4.79 Å². The molecular formula is C16H28N4O2. The van der Waals surface area contributed by atoms with E-state index in [-0.39, 0.29) is 11.4 Å². The minimum Gasteiger partial charge on any atom is -0.359 e. The summed E-state index contributed by atoms with van der Waals surface area (Å²) in [5, 5.41) is 6.77. The number of urea groups is 1. The van der Waals surface area contributed by atoms with E-state index in [1.807, 2.05) is 25.7 Å². The average Bonchev–Trinajstić information content (AvgIpc) is 3.08. The Morgan fingerprint density at radius 2 is 2.14 bits per heavy atom.